The molecule has 0 saturated carbocycles. The minimum atomic E-state index is 0.389. The van der Waals surface area contributed by atoms with Crippen LogP contribution in [-0.4, -0.2) is 16.2 Å². The van der Waals surface area contributed by atoms with Crippen LogP contribution < -0.4 is 10.1 Å². The lowest BCUT2D eigenvalue weighted by molar-refractivity contribution is 0.341. The van der Waals surface area contributed by atoms with Crippen molar-refractivity contribution in [3.63, 3.8) is 0 Å². The van der Waals surface area contributed by atoms with Gasteiger partial charge in [-0.15, -0.1) is 0 Å². The molecule has 20 heavy (non-hydrogen) atoms. The van der Waals surface area contributed by atoms with Crippen LogP contribution in [0.4, 0.5) is 5.69 Å². The van der Waals surface area contributed by atoms with E-state index in [1.54, 1.807) is 0 Å². The molecule has 1 heterocycles. The molecule has 0 fully saturated rings. The van der Waals surface area contributed by atoms with Gasteiger partial charge in [0.25, 0.3) is 0 Å². The van der Waals surface area contributed by atoms with Crippen molar-refractivity contribution in [2.45, 2.75) is 33.4 Å². The van der Waals surface area contributed by atoms with E-state index in [1.807, 2.05) is 37.6 Å². The van der Waals surface area contributed by atoms with Gasteiger partial charge in [-0.05, 0) is 39.0 Å². The minimum absolute atomic E-state index is 0.389. The van der Waals surface area contributed by atoms with Gasteiger partial charge in [0, 0.05) is 17.3 Å². The molecule has 0 aliphatic rings. The highest BCUT2D eigenvalue weighted by Gasteiger charge is 2.08. The second kappa shape index (κ2) is 6.66. The van der Waals surface area contributed by atoms with Crippen molar-refractivity contribution in [3.05, 3.63) is 41.4 Å². The van der Waals surface area contributed by atoms with Gasteiger partial charge in [0.05, 0.1) is 30.9 Å². The van der Waals surface area contributed by atoms with Crippen molar-refractivity contribution in [2.75, 3.05) is 11.9 Å². The zero-order chi connectivity index (χ0) is 14.5. The van der Waals surface area contributed by atoms with Gasteiger partial charge in [-0.3, -0.25) is 0 Å². The maximum absolute atomic E-state index is 6.05. The molecule has 2 aromatic rings. The summed E-state index contributed by atoms with van der Waals surface area (Å²) in [5.41, 5.74) is 2.03. The first-order valence-electron chi connectivity index (χ1n) is 6.78. The van der Waals surface area contributed by atoms with E-state index in [4.69, 9.17) is 16.3 Å². The Bertz CT molecular complexity index is 566. The van der Waals surface area contributed by atoms with Crippen molar-refractivity contribution in [1.29, 1.82) is 0 Å². The average Bonchev–Trinajstić information content (AvgIpc) is 2.88. The minimum Gasteiger partial charge on any atom is -0.492 e. The topological polar surface area (TPSA) is 39.1 Å². The Morgan fingerprint density at radius 3 is 2.90 bits per heavy atom. The summed E-state index contributed by atoms with van der Waals surface area (Å²) >= 11 is 6.05. The van der Waals surface area contributed by atoms with E-state index in [9.17, 15) is 0 Å². The molecule has 0 saturated heterocycles. The van der Waals surface area contributed by atoms with E-state index >= 15 is 0 Å². The molecule has 0 unspecified atom stereocenters. The van der Waals surface area contributed by atoms with Crippen LogP contribution in [-0.2, 0) is 6.54 Å². The van der Waals surface area contributed by atoms with Gasteiger partial charge >= 0.3 is 0 Å². The number of anilines is 1. The normalized spacial score (nSPS) is 10.8. The number of nitrogens with zero attached hydrogens (tertiary/aromatic N) is 2. The van der Waals surface area contributed by atoms with Crippen molar-refractivity contribution >= 4 is 17.3 Å². The first kappa shape index (κ1) is 14.7. The van der Waals surface area contributed by atoms with Crippen molar-refractivity contribution in [3.8, 4) is 5.75 Å². The van der Waals surface area contributed by atoms with Gasteiger partial charge < -0.3 is 14.6 Å². The molecule has 4 nitrogen and oxygen atoms in total. The van der Waals surface area contributed by atoms with Gasteiger partial charge in [-0.1, -0.05) is 11.6 Å². The molecule has 1 aromatic heterocycles. The molecule has 0 spiro atoms. The standard InChI is InChI=1S/C15H20ClN3O/c1-4-20-15-6-5-12(16)7-14(15)18-9-13-8-17-10-19(13)11(2)3/h5-8,10-11,18H,4,9H2,1-3H3. The third kappa shape index (κ3) is 3.45. The van der Waals surface area contributed by atoms with E-state index in [1.165, 1.54) is 0 Å². The van der Waals surface area contributed by atoms with Crippen LogP contribution in [0.3, 0.4) is 0 Å². The SMILES string of the molecule is CCOc1ccc(Cl)cc1NCc1cncn1C(C)C. The number of aromatic nitrogens is 2. The maximum atomic E-state index is 6.05. The monoisotopic (exact) mass is 293 g/mol. The van der Waals surface area contributed by atoms with Crippen LogP contribution in [0.2, 0.25) is 5.02 Å². The Kier molecular flexibility index (Phi) is 4.90. The summed E-state index contributed by atoms with van der Waals surface area (Å²) in [5.74, 6) is 0.813. The summed E-state index contributed by atoms with van der Waals surface area (Å²) in [7, 11) is 0. The van der Waals surface area contributed by atoms with Crippen LogP contribution in [0, 0.1) is 0 Å². The average molecular weight is 294 g/mol. The summed E-state index contributed by atoms with van der Waals surface area (Å²) in [6.45, 7) is 7.54. The molecule has 108 valence electrons. The van der Waals surface area contributed by atoms with E-state index in [-0.39, 0.29) is 0 Å². The highest BCUT2D eigenvalue weighted by molar-refractivity contribution is 6.30. The summed E-state index contributed by atoms with van der Waals surface area (Å²) in [6, 6.07) is 5.98. The number of benzene rings is 1. The van der Waals surface area contributed by atoms with Gasteiger partial charge in [0.2, 0.25) is 0 Å². The van der Waals surface area contributed by atoms with Gasteiger partial charge in [0.15, 0.2) is 0 Å². The molecule has 0 amide bonds. The van der Waals surface area contributed by atoms with Crippen LogP contribution in [0.1, 0.15) is 32.5 Å². The molecule has 0 bridgehead atoms. The second-order valence-corrected chi connectivity index (χ2v) is 5.25. The van der Waals surface area contributed by atoms with Crippen molar-refractivity contribution < 1.29 is 4.74 Å². The van der Waals surface area contributed by atoms with Crippen LogP contribution in [0.25, 0.3) is 0 Å². The van der Waals surface area contributed by atoms with Crippen molar-refractivity contribution in [1.82, 2.24) is 9.55 Å². The summed E-state index contributed by atoms with van der Waals surface area (Å²) in [6.07, 6.45) is 3.72. The second-order valence-electron chi connectivity index (χ2n) is 4.81. The van der Waals surface area contributed by atoms with E-state index in [2.05, 4.69) is 28.7 Å². The zero-order valence-electron chi connectivity index (χ0n) is 12.1. The molecule has 2 rings (SSSR count). The number of halogens is 1. The summed E-state index contributed by atoms with van der Waals surface area (Å²) in [5, 5.41) is 4.05. The predicted molar refractivity (Wildman–Crippen MR) is 82.6 cm³/mol. The van der Waals surface area contributed by atoms with Gasteiger partial charge in [-0.2, -0.15) is 0 Å². The molecular weight excluding hydrogens is 274 g/mol. The molecule has 0 aliphatic carbocycles. The fraction of sp³-hybridized carbons (Fsp3) is 0.400. The Labute approximate surface area is 124 Å². The fourth-order valence-electron chi connectivity index (χ4n) is 2.04. The first-order valence-corrected chi connectivity index (χ1v) is 7.16. The van der Waals surface area contributed by atoms with E-state index < -0.39 is 0 Å². The molecule has 1 aromatic carbocycles. The summed E-state index contributed by atoms with van der Waals surface area (Å²) < 4.78 is 7.73. The molecule has 0 aliphatic heterocycles. The Hall–Kier alpha value is -1.68. The highest BCUT2D eigenvalue weighted by Crippen LogP contribution is 2.28. The van der Waals surface area contributed by atoms with Gasteiger partial charge in [0.1, 0.15) is 5.75 Å². The Balaban J connectivity index is 2.13. The quantitative estimate of drug-likeness (QED) is 0.870. The number of ether oxygens (including phenoxy) is 1. The molecule has 0 radical (unpaired) electrons. The van der Waals surface area contributed by atoms with Crippen LogP contribution in [0.5, 0.6) is 5.75 Å². The third-order valence-corrected chi connectivity index (χ3v) is 3.24. The number of imidazole rings is 1. The molecule has 5 heteroatoms. The fourth-order valence-corrected chi connectivity index (χ4v) is 2.21. The number of hydrogen-bond donors (Lipinski definition) is 1. The smallest absolute Gasteiger partial charge is 0.142 e. The zero-order valence-corrected chi connectivity index (χ0v) is 12.8. The largest absolute Gasteiger partial charge is 0.492 e. The lowest BCUT2D eigenvalue weighted by Crippen LogP contribution is -2.09. The highest BCUT2D eigenvalue weighted by atomic mass is 35.5. The molecular formula is C15H20ClN3O. The van der Waals surface area contributed by atoms with Crippen LogP contribution >= 0.6 is 11.6 Å². The first-order chi connectivity index (χ1) is 9.61. The molecule has 1 N–H and O–H groups in total. The lowest BCUT2D eigenvalue weighted by Gasteiger charge is -2.15. The van der Waals surface area contributed by atoms with E-state index in [0.717, 1.165) is 17.1 Å². The van der Waals surface area contributed by atoms with Gasteiger partial charge in [-0.25, -0.2) is 4.98 Å². The van der Waals surface area contributed by atoms with Crippen molar-refractivity contribution in [2.24, 2.45) is 0 Å². The Morgan fingerprint density at radius 2 is 2.20 bits per heavy atom. The lowest BCUT2D eigenvalue weighted by atomic mass is 10.2. The molecule has 0 atom stereocenters. The van der Waals surface area contributed by atoms with E-state index in [0.29, 0.717) is 24.2 Å². The Morgan fingerprint density at radius 1 is 1.40 bits per heavy atom. The predicted octanol–water partition coefficient (Wildman–Crippen LogP) is 4.13. The third-order valence-electron chi connectivity index (χ3n) is 3.00. The summed E-state index contributed by atoms with van der Waals surface area (Å²) in [4.78, 5) is 4.20. The maximum Gasteiger partial charge on any atom is 0.142 e. The number of hydrogen-bond acceptors (Lipinski definition) is 3. The number of nitrogens with one attached hydrogen (secondary N) is 1. The van der Waals surface area contributed by atoms with Crippen LogP contribution in [0.15, 0.2) is 30.7 Å². The number of rotatable bonds is 6.